The second-order valence-corrected chi connectivity index (χ2v) is 5.50. The molecule has 0 heterocycles. The van der Waals surface area contributed by atoms with Crippen molar-refractivity contribution in [2.75, 3.05) is 11.9 Å². The van der Waals surface area contributed by atoms with Crippen molar-refractivity contribution in [2.24, 2.45) is 5.41 Å². The number of hydrogen-bond donors (Lipinski definition) is 2. The van der Waals surface area contributed by atoms with Crippen LogP contribution in [0.1, 0.15) is 18.4 Å². The fraction of sp³-hybridized carbons (Fsp3) is 0.312. The second kappa shape index (κ2) is 4.26. The van der Waals surface area contributed by atoms with Crippen molar-refractivity contribution in [3.05, 3.63) is 42.0 Å². The van der Waals surface area contributed by atoms with Crippen molar-refractivity contribution in [3.8, 4) is 0 Å². The SMILES string of the molecule is Cc1ccc2cc(NCC3(C(=O)O)CC3)ccc2c1. The Labute approximate surface area is 112 Å². The second-order valence-electron chi connectivity index (χ2n) is 5.50. The number of aryl methyl sites for hydroxylation is 1. The van der Waals surface area contributed by atoms with E-state index in [4.69, 9.17) is 5.11 Å². The topological polar surface area (TPSA) is 49.3 Å². The summed E-state index contributed by atoms with van der Waals surface area (Å²) in [6.45, 7) is 2.59. The molecule has 3 heteroatoms. The van der Waals surface area contributed by atoms with Crippen molar-refractivity contribution in [3.63, 3.8) is 0 Å². The van der Waals surface area contributed by atoms with Crippen LogP contribution >= 0.6 is 0 Å². The zero-order valence-electron chi connectivity index (χ0n) is 10.9. The van der Waals surface area contributed by atoms with Crippen molar-refractivity contribution in [1.29, 1.82) is 0 Å². The van der Waals surface area contributed by atoms with E-state index in [-0.39, 0.29) is 0 Å². The van der Waals surface area contributed by atoms with Crippen LogP contribution in [0, 0.1) is 12.3 Å². The molecule has 0 spiro atoms. The van der Waals surface area contributed by atoms with E-state index in [0.29, 0.717) is 6.54 Å². The van der Waals surface area contributed by atoms with Crippen LogP contribution in [0.2, 0.25) is 0 Å². The quantitative estimate of drug-likeness (QED) is 0.880. The Morgan fingerprint density at radius 2 is 1.89 bits per heavy atom. The maximum Gasteiger partial charge on any atom is 0.311 e. The zero-order chi connectivity index (χ0) is 13.5. The van der Waals surface area contributed by atoms with Gasteiger partial charge in [-0.3, -0.25) is 4.79 Å². The molecule has 1 saturated carbocycles. The van der Waals surface area contributed by atoms with Crippen LogP contribution in [0.3, 0.4) is 0 Å². The summed E-state index contributed by atoms with van der Waals surface area (Å²) in [5, 5.41) is 14.8. The summed E-state index contributed by atoms with van der Waals surface area (Å²) in [6, 6.07) is 12.5. The van der Waals surface area contributed by atoms with Gasteiger partial charge in [-0.15, -0.1) is 0 Å². The standard InChI is InChI=1S/C16H17NO2/c1-11-2-3-13-9-14(5-4-12(13)8-11)17-10-16(6-7-16)15(18)19/h2-5,8-9,17H,6-7,10H2,1H3,(H,18,19). The number of fused-ring (bicyclic) bond motifs is 1. The van der Waals surface area contributed by atoms with Gasteiger partial charge in [-0.25, -0.2) is 0 Å². The number of benzene rings is 2. The summed E-state index contributed by atoms with van der Waals surface area (Å²) in [4.78, 5) is 11.1. The van der Waals surface area contributed by atoms with Crippen LogP contribution in [0.4, 0.5) is 5.69 Å². The molecule has 0 saturated heterocycles. The third-order valence-corrected chi connectivity index (χ3v) is 3.93. The minimum atomic E-state index is -0.684. The first-order valence-corrected chi connectivity index (χ1v) is 6.57. The highest BCUT2D eigenvalue weighted by Gasteiger charge is 2.49. The molecule has 3 rings (SSSR count). The highest BCUT2D eigenvalue weighted by atomic mass is 16.4. The molecule has 0 bridgehead atoms. The van der Waals surface area contributed by atoms with E-state index in [1.165, 1.54) is 16.3 Å². The lowest BCUT2D eigenvalue weighted by atomic mass is 10.1. The van der Waals surface area contributed by atoms with Crippen molar-refractivity contribution < 1.29 is 9.90 Å². The maximum absolute atomic E-state index is 11.1. The van der Waals surface area contributed by atoms with Gasteiger partial charge < -0.3 is 10.4 Å². The molecule has 0 aliphatic heterocycles. The fourth-order valence-corrected chi connectivity index (χ4v) is 2.36. The van der Waals surface area contributed by atoms with Gasteiger partial charge in [-0.2, -0.15) is 0 Å². The summed E-state index contributed by atoms with van der Waals surface area (Å²) >= 11 is 0. The summed E-state index contributed by atoms with van der Waals surface area (Å²) in [5.74, 6) is -0.684. The van der Waals surface area contributed by atoms with Crippen LogP contribution in [0.15, 0.2) is 36.4 Å². The van der Waals surface area contributed by atoms with Crippen LogP contribution in [-0.4, -0.2) is 17.6 Å². The third-order valence-electron chi connectivity index (χ3n) is 3.93. The molecule has 2 aromatic rings. The number of carboxylic acid groups (broad SMARTS) is 1. The van der Waals surface area contributed by atoms with E-state index in [9.17, 15) is 4.79 Å². The van der Waals surface area contributed by atoms with E-state index in [1.807, 2.05) is 6.07 Å². The fourth-order valence-electron chi connectivity index (χ4n) is 2.36. The maximum atomic E-state index is 11.1. The summed E-state index contributed by atoms with van der Waals surface area (Å²) < 4.78 is 0. The minimum absolute atomic E-state index is 0.514. The van der Waals surface area contributed by atoms with Crippen LogP contribution in [0.25, 0.3) is 10.8 Å². The Hall–Kier alpha value is -2.03. The molecule has 0 aromatic heterocycles. The van der Waals surface area contributed by atoms with E-state index >= 15 is 0 Å². The lowest BCUT2D eigenvalue weighted by molar-refractivity contribution is -0.142. The summed E-state index contributed by atoms with van der Waals surface area (Å²) in [6.07, 6.45) is 1.56. The molecule has 0 atom stereocenters. The number of nitrogens with one attached hydrogen (secondary N) is 1. The lowest BCUT2D eigenvalue weighted by Crippen LogP contribution is -2.24. The Balaban J connectivity index is 1.79. The molecular formula is C16H17NO2. The minimum Gasteiger partial charge on any atom is -0.481 e. The lowest BCUT2D eigenvalue weighted by Gasteiger charge is -2.13. The Kier molecular flexibility index (Phi) is 2.70. The van der Waals surface area contributed by atoms with Gasteiger partial charge in [0.2, 0.25) is 0 Å². The summed E-state index contributed by atoms with van der Waals surface area (Å²) in [7, 11) is 0. The van der Waals surface area contributed by atoms with Gasteiger partial charge in [0.25, 0.3) is 0 Å². The van der Waals surface area contributed by atoms with E-state index in [0.717, 1.165) is 18.5 Å². The van der Waals surface area contributed by atoms with Crippen LogP contribution < -0.4 is 5.32 Å². The average Bonchev–Trinajstić information content (AvgIpc) is 3.17. The highest BCUT2D eigenvalue weighted by Crippen LogP contribution is 2.45. The van der Waals surface area contributed by atoms with Gasteiger partial charge in [0, 0.05) is 12.2 Å². The predicted octanol–water partition coefficient (Wildman–Crippen LogP) is 3.42. The zero-order valence-corrected chi connectivity index (χ0v) is 10.9. The van der Waals surface area contributed by atoms with Crippen LogP contribution in [-0.2, 0) is 4.79 Å². The molecule has 0 unspecified atom stereocenters. The largest absolute Gasteiger partial charge is 0.481 e. The number of carbonyl (C=O) groups is 1. The number of carboxylic acids is 1. The van der Waals surface area contributed by atoms with Crippen LogP contribution in [0.5, 0.6) is 0 Å². The van der Waals surface area contributed by atoms with Gasteiger partial charge in [-0.1, -0.05) is 29.8 Å². The van der Waals surface area contributed by atoms with E-state index < -0.39 is 11.4 Å². The first kappa shape index (κ1) is 12.0. The molecule has 2 N–H and O–H groups in total. The molecule has 1 fully saturated rings. The molecule has 19 heavy (non-hydrogen) atoms. The van der Waals surface area contributed by atoms with Gasteiger partial charge in [-0.05, 0) is 42.7 Å². The molecule has 3 nitrogen and oxygen atoms in total. The molecule has 98 valence electrons. The van der Waals surface area contributed by atoms with Gasteiger partial charge in [0.1, 0.15) is 0 Å². The molecule has 2 aromatic carbocycles. The highest BCUT2D eigenvalue weighted by molar-refractivity contribution is 5.86. The summed E-state index contributed by atoms with van der Waals surface area (Å²) in [5.41, 5.74) is 1.71. The third kappa shape index (κ3) is 2.28. The average molecular weight is 255 g/mol. The van der Waals surface area contributed by atoms with Crippen molar-refractivity contribution >= 4 is 22.4 Å². The normalized spacial score (nSPS) is 16.3. The smallest absolute Gasteiger partial charge is 0.311 e. The van der Waals surface area contributed by atoms with Gasteiger partial charge in [0.15, 0.2) is 0 Å². The number of rotatable bonds is 4. The molecule has 0 radical (unpaired) electrons. The Bertz CT molecular complexity index is 644. The predicted molar refractivity (Wildman–Crippen MR) is 76.5 cm³/mol. The first-order valence-electron chi connectivity index (χ1n) is 6.57. The molecule has 1 aliphatic rings. The Morgan fingerprint density at radius 1 is 1.21 bits per heavy atom. The molecular weight excluding hydrogens is 238 g/mol. The molecule has 1 aliphatic carbocycles. The number of hydrogen-bond acceptors (Lipinski definition) is 2. The number of anilines is 1. The monoisotopic (exact) mass is 255 g/mol. The van der Waals surface area contributed by atoms with E-state index in [1.54, 1.807) is 0 Å². The molecule has 0 amide bonds. The van der Waals surface area contributed by atoms with Crippen molar-refractivity contribution in [1.82, 2.24) is 0 Å². The number of aliphatic carboxylic acids is 1. The van der Waals surface area contributed by atoms with E-state index in [2.05, 4.69) is 42.6 Å². The first-order chi connectivity index (χ1) is 9.09. The Morgan fingerprint density at radius 3 is 2.58 bits per heavy atom. The van der Waals surface area contributed by atoms with Gasteiger partial charge >= 0.3 is 5.97 Å². The van der Waals surface area contributed by atoms with Gasteiger partial charge in [0.05, 0.1) is 5.41 Å². The van der Waals surface area contributed by atoms with Crippen molar-refractivity contribution in [2.45, 2.75) is 19.8 Å².